The third kappa shape index (κ3) is 4.28. The number of nitrogens with zero attached hydrogens (tertiary/aromatic N) is 1. The molecule has 1 unspecified atom stereocenters. The van der Waals surface area contributed by atoms with Crippen molar-refractivity contribution in [2.24, 2.45) is 0 Å². The van der Waals surface area contributed by atoms with Crippen molar-refractivity contribution < 1.29 is 9.90 Å². The summed E-state index contributed by atoms with van der Waals surface area (Å²) in [5.74, 6) is -0.672. The fourth-order valence-corrected chi connectivity index (χ4v) is 2.57. The first-order valence-electron chi connectivity index (χ1n) is 6.62. The molecule has 1 fully saturated rings. The van der Waals surface area contributed by atoms with Crippen molar-refractivity contribution in [3.63, 3.8) is 0 Å². The molecule has 0 aromatic carbocycles. The van der Waals surface area contributed by atoms with Gasteiger partial charge in [-0.3, -0.25) is 10.1 Å². The monoisotopic (exact) mass is 242 g/mol. The molecule has 2 N–H and O–H groups in total. The minimum atomic E-state index is -0.672. The molecule has 100 valence electrons. The zero-order valence-electron chi connectivity index (χ0n) is 11.3. The van der Waals surface area contributed by atoms with Crippen molar-refractivity contribution in [2.45, 2.75) is 57.0 Å². The van der Waals surface area contributed by atoms with Crippen LogP contribution in [0.2, 0.25) is 0 Å². The van der Waals surface area contributed by atoms with Crippen LogP contribution in [0.3, 0.4) is 0 Å². The molecule has 4 heteroatoms. The van der Waals surface area contributed by atoms with Crippen LogP contribution in [0.1, 0.15) is 45.4 Å². The normalized spacial score (nSPS) is 21.4. The number of carboxylic acids is 1. The van der Waals surface area contributed by atoms with Crippen molar-refractivity contribution in [2.75, 3.05) is 20.6 Å². The van der Waals surface area contributed by atoms with Gasteiger partial charge in [0.2, 0.25) is 0 Å². The van der Waals surface area contributed by atoms with Gasteiger partial charge < -0.3 is 10.0 Å². The maximum Gasteiger partial charge on any atom is 0.323 e. The third-order valence-corrected chi connectivity index (χ3v) is 3.65. The van der Waals surface area contributed by atoms with Gasteiger partial charge in [-0.25, -0.2) is 0 Å². The van der Waals surface area contributed by atoms with Crippen LogP contribution in [-0.4, -0.2) is 48.2 Å². The molecule has 1 aliphatic rings. The Bertz CT molecular complexity index is 248. The molecular formula is C13H26N2O2. The molecule has 0 spiro atoms. The molecule has 0 aliphatic heterocycles. The second-order valence-electron chi connectivity index (χ2n) is 5.59. The highest BCUT2D eigenvalue weighted by Crippen LogP contribution is 2.29. The summed E-state index contributed by atoms with van der Waals surface area (Å²) in [7, 11) is 4.08. The summed E-state index contributed by atoms with van der Waals surface area (Å²) in [6.07, 6.45) is 5.76. The van der Waals surface area contributed by atoms with E-state index in [2.05, 4.69) is 17.1 Å². The van der Waals surface area contributed by atoms with E-state index in [0.29, 0.717) is 0 Å². The maximum absolute atomic E-state index is 11.5. The second kappa shape index (κ2) is 6.36. The SMILES string of the molecule is CC(CCN(C)C)NC1(C(=O)O)CCCCC1. The average molecular weight is 242 g/mol. The summed E-state index contributed by atoms with van der Waals surface area (Å²) in [6, 6.07) is 0.256. The second-order valence-corrected chi connectivity index (χ2v) is 5.59. The van der Waals surface area contributed by atoms with Crippen LogP contribution in [0.15, 0.2) is 0 Å². The van der Waals surface area contributed by atoms with E-state index in [-0.39, 0.29) is 6.04 Å². The summed E-state index contributed by atoms with van der Waals surface area (Å²) in [6.45, 7) is 3.08. The van der Waals surface area contributed by atoms with Gasteiger partial charge in [0, 0.05) is 6.04 Å². The number of rotatable bonds is 6. The number of nitrogens with one attached hydrogen (secondary N) is 1. The van der Waals surface area contributed by atoms with Crippen LogP contribution in [0.25, 0.3) is 0 Å². The molecule has 0 amide bonds. The highest BCUT2D eigenvalue weighted by molar-refractivity contribution is 5.79. The van der Waals surface area contributed by atoms with Gasteiger partial charge in [0.25, 0.3) is 0 Å². The highest BCUT2D eigenvalue weighted by atomic mass is 16.4. The molecule has 0 bridgehead atoms. The molecule has 4 nitrogen and oxygen atoms in total. The van der Waals surface area contributed by atoms with Crippen LogP contribution in [0.5, 0.6) is 0 Å². The summed E-state index contributed by atoms with van der Waals surface area (Å²) >= 11 is 0. The fraction of sp³-hybridized carbons (Fsp3) is 0.923. The van der Waals surface area contributed by atoms with E-state index in [9.17, 15) is 9.90 Å². The molecule has 1 saturated carbocycles. The van der Waals surface area contributed by atoms with E-state index >= 15 is 0 Å². The first-order valence-corrected chi connectivity index (χ1v) is 6.62. The Morgan fingerprint density at radius 3 is 2.41 bits per heavy atom. The summed E-state index contributed by atoms with van der Waals surface area (Å²) in [5.41, 5.74) is -0.663. The Balaban J connectivity index is 2.51. The molecular weight excluding hydrogens is 216 g/mol. The predicted molar refractivity (Wildman–Crippen MR) is 69.2 cm³/mol. The standard InChI is InChI=1S/C13H26N2O2/c1-11(7-10-15(2)3)14-13(12(16)17)8-5-4-6-9-13/h11,14H,4-10H2,1-3H3,(H,16,17). The minimum Gasteiger partial charge on any atom is -0.480 e. The zero-order valence-corrected chi connectivity index (χ0v) is 11.3. The lowest BCUT2D eigenvalue weighted by molar-refractivity contribution is -0.146. The molecule has 0 saturated heterocycles. The van der Waals surface area contributed by atoms with E-state index in [0.717, 1.165) is 38.6 Å². The fourth-order valence-electron chi connectivity index (χ4n) is 2.57. The largest absolute Gasteiger partial charge is 0.480 e. The number of aliphatic carboxylic acids is 1. The lowest BCUT2D eigenvalue weighted by Gasteiger charge is -2.37. The van der Waals surface area contributed by atoms with Gasteiger partial charge in [-0.1, -0.05) is 19.3 Å². The van der Waals surface area contributed by atoms with Crippen LogP contribution < -0.4 is 5.32 Å². The summed E-state index contributed by atoms with van der Waals surface area (Å²) in [4.78, 5) is 13.6. The zero-order chi connectivity index (χ0) is 12.9. The van der Waals surface area contributed by atoms with Crippen molar-refractivity contribution in [1.29, 1.82) is 0 Å². The molecule has 0 heterocycles. The van der Waals surface area contributed by atoms with E-state index in [1.807, 2.05) is 14.1 Å². The molecule has 1 rings (SSSR count). The van der Waals surface area contributed by atoms with Crippen molar-refractivity contribution >= 4 is 5.97 Å². The van der Waals surface area contributed by atoms with Gasteiger partial charge in [-0.15, -0.1) is 0 Å². The number of carbonyl (C=O) groups is 1. The van der Waals surface area contributed by atoms with Gasteiger partial charge in [0.05, 0.1) is 0 Å². The Kier molecular flexibility index (Phi) is 5.40. The molecule has 0 radical (unpaired) electrons. The Labute approximate surface area is 104 Å². The van der Waals surface area contributed by atoms with E-state index < -0.39 is 11.5 Å². The molecule has 0 aromatic rings. The van der Waals surface area contributed by atoms with Gasteiger partial charge in [0.15, 0.2) is 0 Å². The number of hydrogen-bond donors (Lipinski definition) is 2. The number of carboxylic acid groups (broad SMARTS) is 1. The smallest absolute Gasteiger partial charge is 0.323 e. The van der Waals surface area contributed by atoms with Crippen molar-refractivity contribution in [3.05, 3.63) is 0 Å². The lowest BCUT2D eigenvalue weighted by Crippen LogP contribution is -2.56. The molecule has 1 aliphatic carbocycles. The molecule has 1 atom stereocenters. The molecule has 0 aromatic heterocycles. The van der Waals surface area contributed by atoms with Gasteiger partial charge in [-0.05, 0) is 46.8 Å². The van der Waals surface area contributed by atoms with E-state index in [1.165, 1.54) is 6.42 Å². The third-order valence-electron chi connectivity index (χ3n) is 3.65. The Morgan fingerprint density at radius 2 is 1.94 bits per heavy atom. The maximum atomic E-state index is 11.5. The van der Waals surface area contributed by atoms with Gasteiger partial charge in [0.1, 0.15) is 5.54 Å². The van der Waals surface area contributed by atoms with Crippen LogP contribution in [0.4, 0.5) is 0 Å². The van der Waals surface area contributed by atoms with Crippen LogP contribution >= 0.6 is 0 Å². The lowest BCUT2D eigenvalue weighted by atomic mass is 9.81. The average Bonchev–Trinajstić information content (AvgIpc) is 2.27. The summed E-state index contributed by atoms with van der Waals surface area (Å²) in [5, 5.41) is 12.8. The quantitative estimate of drug-likeness (QED) is 0.744. The highest BCUT2D eigenvalue weighted by Gasteiger charge is 2.40. The predicted octanol–water partition coefficient (Wildman–Crippen LogP) is 1.70. The van der Waals surface area contributed by atoms with Crippen LogP contribution in [0, 0.1) is 0 Å². The van der Waals surface area contributed by atoms with Crippen molar-refractivity contribution in [3.8, 4) is 0 Å². The van der Waals surface area contributed by atoms with E-state index in [4.69, 9.17) is 0 Å². The van der Waals surface area contributed by atoms with Crippen molar-refractivity contribution in [1.82, 2.24) is 10.2 Å². The van der Waals surface area contributed by atoms with Crippen LogP contribution in [-0.2, 0) is 4.79 Å². The van der Waals surface area contributed by atoms with E-state index in [1.54, 1.807) is 0 Å². The van der Waals surface area contributed by atoms with Gasteiger partial charge >= 0.3 is 5.97 Å². The first-order chi connectivity index (χ1) is 7.96. The molecule has 17 heavy (non-hydrogen) atoms. The Hall–Kier alpha value is -0.610. The first kappa shape index (κ1) is 14.5. The topological polar surface area (TPSA) is 52.6 Å². The Morgan fingerprint density at radius 1 is 1.35 bits per heavy atom. The van der Waals surface area contributed by atoms with Gasteiger partial charge in [-0.2, -0.15) is 0 Å². The summed E-state index contributed by atoms with van der Waals surface area (Å²) < 4.78 is 0. The number of hydrogen-bond acceptors (Lipinski definition) is 3. The minimum absolute atomic E-state index is 0.256.